The fourth-order valence-corrected chi connectivity index (χ4v) is 3.32. The Kier molecular flexibility index (Phi) is 3.66. The Morgan fingerprint density at radius 2 is 2.12 bits per heavy atom. The molecule has 16 heavy (non-hydrogen) atoms. The van der Waals surface area contributed by atoms with Crippen LogP contribution in [0.2, 0.25) is 0 Å². The molecule has 1 aromatic heterocycles. The zero-order valence-electron chi connectivity index (χ0n) is 9.27. The molecule has 0 bridgehead atoms. The topological polar surface area (TPSA) is 29.5 Å². The third-order valence-electron chi connectivity index (χ3n) is 2.49. The van der Waals surface area contributed by atoms with Crippen LogP contribution in [0.4, 0.5) is 0 Å². The van der Waals surface area contributed by atoms with Crippen molar-refractivity contribution in [1.29, 1.82) is 0 Å². The third kappa shape index (κ3) is 2.64. The first-order valence-corrected chi connectivity index (χ1v) is 6.92. The average molecular weight is 304 g/mol. The van der Waals surface area contributed by atoms with Crippen LogP contribution in [-0.4, -0.2) is 36.1 Å². The Morgan fingerprint density at radius 3 is 2.62 bits per heavy atom. The molecule has 0 aromatic carbocycles. The van der Waals surface area contributed by atoms with Crippen molar-refractivity contribution in [3.8, 4) is 0 Å². The van der Waals surface area contributed by atoms with E-state index in [-0.39, 0.29) is 18.1 Å². The highest BCUT2D eigenvalue weighted by atomic mass is 79.9. The Hall–Kier alpha value is -0.390. The summed E-state index contributed by atoms with van der Waals surface area (Å²) in [5.74, 6) is 0.109. The first-order chi connectivity index (χ1) is 7.56. The van der Waals surface area contributed by atoms with Gasteiger partial charge in [0.1, 0.15) is 0 Å². The summed E-state index contributed by atoms with van der Waals surface area (Å²) in [4.78, 5) is 14.8. The predicted molar refractivity (Wildman–Crippen MR) is 67.9 cm³/mol. The maximum absolute atomic E-state index is 12.2. The van der Waals surface area contributed by atoms with Crippen LogP contribution >= 0.6 is 27.3 Å². The summed E-state index contributed by atoms with van der Waals surface area (Å²) in [7, 11) is 0. The molecule has 0 radical (unpaired) electrons. The molecule has 1 saturated heterocycles. The zero-order chi connectivity index (χ0) is 11.7. The van der Waals surface area contributed by atoms with E-state index >= 15 is 0 Å². The van der Waals surface area contributed by atoms with E-state index in [4.69, 9.17) is 4.74 Å². The first kappa shape index (κ1) is 12.1. The third-order valence-corrected chi connectivity index (χ3v) is 4.16. The van der Waals surface area contributed by atoms with E-state index in [1.165, 1.54) is 11.3 Å². The minimum absolute atomic E-state index is 0.109. The molecule has 0 unspecified atom stereocenters. The van der Waals surface area contributed by atoms with E-state index in [0.29, 0.717) is 13.1 Å². The standard InChI is InChI=1S/C11H14BrNO2S/c1-7-4-13(5-8(2)15-7)11(14)10-3-9(12)6-16-10/h3,6-8H,4-5H2,1-2H3/t7-,8-/m1/s1. The number of hydrogen-bond donors (Lipinski definition) is 0. The number of rotatable bonds is 1. The molecule has 2 heterocycles. The molecule has 5 heteroatoms. The van der Waals surface area contributed by atoms with E-state index in [2.05, 4.69) is 15.9 Å². The van der Waals surface area contributed by atoms with Crippen molar-refractivity contribution < 1.29 is 9.53 Å². The Balaban J connectivity index is 2.09. The van der Waals surface area contributed by atoms with Crippen LogP contribution in [0.25, 0.3) is 0 Å². The quantitative estimate of drug-likeness (QED) is 0.798. The largest absolute Gasteiger partial charge is 0.372 e. The summed E-state index contributed by atoms with van der Waals surface area (Å²) in [6, 6.07) is 1.87. The second-order valence-electron chi connectivity index (χ2n) is 4.10. The maximum Gasteiger partial charge on any atom is 0.264 e. The van der Waals surface area contributed by atoms with E-state index in [9.17, 15) is 4.79 Å². The summed E-state index contributed by atoms with van der Waals surface area (Å²) in [6.07, 6.45) is 0.243. The Bertz CT molecular complexity index is 383. The number of amides is 1. The van der Waals surface area contributed by atoms with Crippen molar-refractivity contribution in [3.05, 3.63) is 20.8 Å². The summed E-state index contributed by atoms with van der Waals surface area (Å²) >= 11 is 4.84. The molecule has 1 aromatic rings. The molecule has 1 fully saturated rings. The Morgan fingerprint density at radius 1 is 1.50 bits per heavy atom. The highest BCUT2D eigenvalue weighted by Crippen LogP contribution is 2.22. The SMILES string of the molecule is C[C@@H]1CN(C(=O)c2cc(Br)cs2)C[C@@H](C)O1. The first-order valence-electron chi connectivity index (χ1n) is 5.25. The van der Waals surface area contributed by atoms with Crippen molar-refractivity contribution in [3.63, 3.8) is 0 Å². The lowest BCUT2D eigenvalue weighted by Gasteiger charge is -2.35. The fourth-order valence-electron chi connectivity index (χ4n) is 1.92. The van der Waals surface area contributed by atoms with Gasteiger partial charge in [-0.2, -0.15) is 0 Å². The minimum Gasteiger partial charge on any atom is -0.372 e. The molecule has 88 valence electrons. The van der Waals surface area contributed by atoms with Gasteiger partial charge in [0.05, 0.1) is 17.1 Å². The van der Waals surface area contributed by atoms with Crippen LogP contribution < -0.4 is 0 Å². The van der Waals surface area contributed by atoms with Crippen molar-refractivity contribution >= 4 is 33.2 Å². The fraction of sp³-hybridized carbons (Fsp3) is 0.545. The average Bonchev–Trinajstić information content (AvgIpc) is 2.62. The second-order valence-corrected chi connectivity index (χ2v) is 5.92. The van der Waals surface area contributed by atoms with Crippen LogP contribution in [0.3, 0.4) is 0 Å². The maximum atomic E-state index is 12.2. The number of carbonyl (C=O) groups excluding carboxylic acids is 1. The van der Waals surface area contributed by atoms with Gasteiger partial charge in [0.2, 0.25) is 0 Å². The molecule has 0 saturated carbocycles. The van der Waals surface area contributed by atoms with Crippen LogP contribution in [0.5, 0.6) is 0 Å². The number of morpholine rings is 1. The van der Waals surface area contributed by atoms with Gasteiger partial charge in [0, 0.05) is 22.9 Å². The van der Waals surface area contributed by atoms with Gasteiger partial charge < -0.3 is 9.64 Å². The van der Waals surface area contributed by atoms with E-state index in [1.807, 2.05) is 30.2 Å². The number of halogens is 1. The van der Waals surface area contributed by atoms with Gasteiger partial charge in [0.15, 0.2) is 0 Å². The lowest BCUT2D eigenvalue weighted by molar-refractivity contribution is -0.0585. The van der Waals surface area contributed by atoms with Gasteiger partial charge in [-0.25, -0.2) is 0 Å². The van der Waals surface area contributed by atoms with Crippen molar-refractivity contribution in [2.45, 2.75) is 26.1 Å². The van der Waals surface area contributed by atoms with Gasteiger partial charge in [-0.1, -0.05) is 0 Å². The van der Waals surface area contributed by atoms with E-state index in [1.54, 1.807) is 0 Å². The van der Waals surface area contributed by atoms with Crippen molar-refractivity contribution in [2.24, 2.45) is 0 Å². The summed E-state index contributed by atoms with van der Waals surface area (Å²) in [5, 5.41) is 1.93. The molecule has 1 amide bonds. The normalized spacial score (nSPS) is 25.8. The number of hydrogen-bond acceptors (Lipinski definition) is 3. The minimum atomic E-state index is 0.109. The number of nitrogens with zero attached hydrogens (tertiary/aromatic N) is 1. The number of carbonyl (C=O) groups is 1. The van der Waals surface area contributed by atoms with Gasteiger partial charge in [-0.3, -0.25) is 4.79 Å². The molecule has 0 spiro atoms. The van der Waals surface area contributed by atoms with Crippen LogP contribution in [-0.2, 0) is 4.74 Å². The Labute approximate surface area is 108 Å². The molecule has 0 N–H and O–H groups in total. The monoisotopic (exact) mass is 303 g/mol. The highest BCUT2D eigenvalue weighted by Gasteiger charge is 2.27. The second kappa shape index (κ2) is 4.85. The molecule has 1 aliphatic rings. The van der Waals surface area contributed by atoms with Crippen LogP contribution in [0.15, 0.2) is 15.9 Å². The van der Waals surface area contributed by atoms with Gasteiger partial charge in [0.25, 0.3) is 5.91 Å². The smallest absolute Gasteiger partial charge is 0.264 e. The van der Waals surface area contributed by atoms with E-state index < -0.39 is 0 Å². The van der Waals surface area contributed by atoms with Gasteiger partial charge >= 0.3 is 0 Å². The van der Waals surface area contributed by atoms with Gasteiger partial charge in [-0.15, -0.1) is 11.3 Å². The lowest BCUT2D eigenvalue weighted by Crippen LogP contribution is -2.48. The molecule has 0 aliphatic carbocycles. The lowest BCUT2D eigenvalue weighted by atomic mass is 10.2. The molecular formula is C11H14BrNO2S. The van der Waals surface area contributed by atoms with Crippen LogP contribution in [0, 0.1) is 0 Å². The van der Waals surface area contributed by atoms with Crippen molar-refractivity contribution in [1.82, 2.24) is 4.90 Å². The predicted octanol–water partition coefficient (Wildman–Crippen LogP) is 2.76. The number of ether oxygens (including phenoxy) is 1. The summed E-state index contributed by atoms with van der Waals surface area (Å²) < 4.78 is 6.58. The van der Waals surface area contributed by atoms with Crippen molar-refractivity contribution in [2.75, 3.05) is 13.1 Å². The summed E-state index contributed by atoms with van der Waals surface area (Å²) in [5.41, 5.74) is 0. The van der Waals surface area contributed by atoms with E-state index in [0.717, 1.165) is 9.35 Å². The van der Waals surface area contributed by atoms with Crippen LogP contribution in [0.1, 0.15) is 23.5 Å². The van der Waals surface area contributed by atoms with Gasteiger partial charge in [-0.05, 0) is 35.8 Å². The number of thiophene rings is 1. The molecule has 2 rings (SSSR count). The molecule has 1 aliphatic heterocycles. The molecule has 3 nitrogen and oxygen atoms in total. The molecule has 2 atom stereocenters. The summed E-state index contributed by atoms with van der Waals surface area (Å²) in [6.45, 7) is 5.36. The highest BCUT2D eigenvalue weighted by molar-refractivity contribution is 9.10. The molecular weight excluding hydrogens is 290 g/mol. The zero-order valence-corrected chi connectivity index (χ0v) is 11.7.